The normalized spacial score (nSPS) is 21.9. The summed E-state index contributed by atoms with van der Waals surface area (Å²) in [7, 11) is 0. The lowest BCUT2D eigenvalue weighted by molar-refractivity contribution is 0.00500. The SMILES string of the molecule is C[C@@H](Cn1cnnn1)Oc1cc(-c2cnc(Nc3cn([C@H]4CC[C@H](N5CCOCC5)CC4)nc3OCC3(O)CC3)nc2)ccc1Cl. The van der Waals surface area contributed by atoms with Crippen molar-refractivity contribution in [3.8, 4) is 22.8 Å². The molecule has 2 saturated carbocycles. The molecule has 1 saturated heterocycles. The van der Waals surface area contributed by atoms with Gasteiger partial charge in [0.15, 0.2) is 0 Å². The van der Waals surface area contributed by atoms with E-state index in [1.165, 1.54) is 0 Å². The summed E-state index contributed by atoms with van der Waals surface area (Å²) in [4.78, 5) is 11.7. The number of morpholine rings is 1. The first-order chi connectivity index (χ1) is 22.4. The van der Waals surface area contributed by atoms with E-state index in [9.17, 15) is 5.11 Å². The molecular formula is C31H39ClN10O4. The van der Waals surface area contributed by atoms with Gasteiger partial charge in [0.1, 0.15) is 30.5 Å². The molecule has 0 unspecified atom stereocenters. The van der Waals surface area contributed by atoms with Crippen molar-refractivity contribution in [2.75, 3.05) is 38.2 Å². The van der Waals surface area contributed by atoms with Gasteiger partial charge in [-0.15, -0.1) is 10.2 Å². The number of aromatic nitrogens is 8. The molecular weight excluding hydrogens is 612 g/mol. The lowest BCUT2D eigenvalue weighted by atomic mass is 9.90. The number of rotatable bonds is 12. The van der Waals surface area contributed by atoms with Crippen LogP contribution in [0.3, 0.4) is 0 Å². The van der Waals surface area contributed by atoms with Crippen molar-refractivity contribution in [2.45, 2.75) is 75.8 Å². The molecule has 3 aliphatic rings. The van der Waals surface area contributed by atoms with E-state index in [1.807, 2.05) is 29.9 Å². The molecule has 3 aromatic heterocycles. The zero-order chi connectivity index (χ0) is 31.5. The third-order valence-corrected chi connectivity index (χ3v) is 9.24. The number of benzene rings is 1. The zero-order valence-corrected chi connectivity index (χ0v) is 26.6. The van der Waals surface area contributed by atoms with Crippen molar-refractivity contribution in [1.29, 1.82) is 0 Å². The van der Waals surface area contributed by atoms with Gasteiger partial charge in [0.05, 0.1) is 42.6 Å². The fraction of sp³-hybridized carbons (Fsp3) is 0.548. The minimum Gasteiger partial charge on any atom is -0.487 e. The first kappa shape index (κ1) is 30.8. The van der Waals surface area contributed by atoms with Crippen molar-refractivity contribution in [2.24, 2.45) is 0 Å². The molecule has 0 radical (unpaired) electrons. The summed E-state index contributed by atoms with van der Waals surface area (Å²) in [6.07, 6.45) is 12.6. The maximum absolute atomic E-state index is 10.4. The van der Waals surface area contributed by atoms with E-state index in [0.717, 1.165) is 76.0 Å². The topological polar surface area (TPSA) is 150 Å². The number of aliphatic hydroxyl groups is 1. The molecule has 2 aliphatic carbocycles. The van der Waals surface area contributed by atoms with Gasteiger partial charge in [0.25, 0.3) is 5.88 Å². The average Bonchev–Trinajstić information content (AvgIpc) is 3.41. The highest BCUT2D eigenvalue weighted by atomic mass is 35.5. The van der Waals surface area contributed by atoms with E-state index in [-0.39, 0.29) is 18.8 Å². The van der Waals surface area contributed by atoms with Crippen LogP contribution in [-0.2, 0) is 11.3 Å². The van der Waals surface area contributed by atoms with Gasteiger partial charge in [0.2, 0.25) is 5.95 Å². The van der Waals surface area contributed by atoms with E-state index in [2.05, 4.69) is 35.7 Å². The Morgan fingerprint density at radius 1 is 1.09 bits per heavy atom. The molecule has 1 atom stereocenters. The minimum atomic E-state index is -0.762. The molecule has 244 valence electrons. The van der Waals surface area contributed by atoms with Crippen LogP contribution < -0.4 is 14.8 Å². The second kappa shape index (κ2) is 13.5. The van der Waals surface area contributed by atoms with Gasteiger partial charge in [-0.2, -0.15) is 0 Å². The minimum absolute atomic E-state index is 0.206. The Bertz CT molecular complexity index is 1580. The highest BCUT2D eigenvalue weighted by Crippen LogP contribution is 2.38. The molecule has 7 rings (SSSR count). The lowest BCUT2D eigenvalue weighted by Crippen LogP contribution is -2.45. The van der Waals surface area contributed by atoms with Crippen molar-refractivity contribution >= 4 is 23.2 Å². The lowest BCUT2D eigenvalue weighted by Gasteiger charge is -2.38. The summed E-state index contributed by atoms with van der Waals surface area (Å²) >= 11 is 6.44. The molecule has 0 amide bonds. The van der Waals surface area contributed by atoms with Crippen molar-refractivity contribution in [3.63, 3.8) is 0 Å². The predicted octanol–water partition coefficient (Wildman–Crippen LogP) is 3.91. The van der Waals surface area contributed by atoms with Gasteiger partial charge in [0, 0.05) is 37.1 Å². The number of hydrogen-bond donors (Lipinski definition) is 2. The van der Waals surface area contributed by atoms with Crippen LogP contribution >= 0.6 is 11.6 Å². The predicted molar refractivity (Wildman–Crippen MR) is 169 cm³/mol. The number of nitrogens with one attached hydrogen (secondary N) is 1. The van der Waals surface area contributed by atoms with Crippen LogP contribution in [0.4, 0.5) is 11.6 Å². The molecule has 1 aliphatic heterocycles. The van der Waals surface area contributed by atoms with E-state index in [0.29, 0.717) is 40.9 Å². The second-order valence-corrected chi connectivity index (χ2v) is 12.9. The number of ether oxygens (including phenoxy) is 3. The van der Waals surface area contributed by atoms with E-state index < -0.39 is 5.60 Å². The molecule has 3 fully saturated rings. The Hall–Kier alpha value is -3.85. The van der Waals surface area contributed by atoms with E-state index in [4.69, 9.17) is 30.9 Å². The highest BCUT2D eigenvalue weighted by Gasteiger charge is 2.41. The molecule has 4 heterocycles. The number of halogens is 1. The summed E-state index contributed by atoms with van der Waals surface area (Å²) in [5, 5.41) is 30.2. The Kier molecular flexibility index (Phi) is 9.02. The summed E-state index contributed by atoms with van der Waals surface area (Å²) in [6, 6.07) is 6.45. The maximum Gasteiger partial charge on any atom is 0.257 e. The van der Waals surface area contributed by atoms with Crippen LogP contribution in [-0.4, -0.2) is 101 Å². The van der Waals surface area contributed by atoms with Crippen LogP contribution in [0.1, 0.15) is 51.5 Å². The van der Waals surface area contributed by atoms with Gasteiger partial charge >= 0.3 is 0 Å². The first-order valence-corrected chi connectivity index (χ1v) is 16.3. The fourth-order valence-electron chi connectivity index (χ4n) is 6.09. The van der Waals surface area contributed by atoms with Gasteiger partial charge in [-0.1, -0.05) is 17.7 Å². The first-order valence-electron chi connectivity index (χ1n) is 15.9. The number of tetrazole rings is 1. The van der Waals surface area contributed by atoms with Gasteiger partial charge in [-0.05, 0) is 73.6 Å². The average molecular weight is 651 g/mol. The third kappa shape index (κ3) is 7.41. The summed E-state index contributed by atoms with van der Waals surface area (Å²) in [6.45, 7) is 6.28. The standard InChI is InChI=1S/C31H39ClN10O4/c1-21(17-41-20-35-38-39-41)46-28-14-22(2-7-26(28)32)23-15-33-30(34-16-23)36-27-18-42(37-29(27)45-19-31(43)8-9-31)25-5-3-24(4-6-25)40-10-12-44-13-11-40/h2,7,14-16,18,20-21,24-25,43H,3-6,8-13,17,19H2,1H3,(H,33,34,36)/t21-,24-,25-/m0/s1. The smallest absolute Gasteiger partial charge is 0.257 e. The Balaban J connectivity index is 1.03. The summed E-state index contributed by atoms with van der Waals surface area (Å²) < 4.78 is 21.3. The number of nitrogens with zero attached hydrogens (tertiary/aromatic N) is 9. The zero-order valence-electron chi connectivity index (χ0n) is 25.8. The molecule has 2 N–H and O–H groups in total. The van der Waals surface area contributed by atoms with E-state index >= 15 is 0 Å². The van der Waals surface area contributed by atoms with Crippen LogP contribution in [0, 0.1) is 0 Å². The molecule has 4 aromatic rings. The molecule has 46 heavy (non-hydrogen) atoms. The maximum atomic E-state index is 10.4. The highest BCUT2D eigenvalue weighted by molar-refractivity contribution is 6.32. The van der Waals surface area contributed by atoms with Crippen LogP contribution in [0.15, 0.2) is 43.1 Å². The van der Waals surface area contributed by atoms with Crippen molar-refractivity contribution in [1.82, 2.24) is 44.9 Å². The Morgan fingerprint density at radius 2 is 1.85 bits per heavy atom. The monoisotopic (exact) mass is 650 g/mol. The largest absolute Gasteiger partial charge is 0.487 e. The van der Waals surface area contributed by atoms with Crippen molar-refractivity contribution < 1.29 is 19.3 Å². The molecule has 14 nitrogen and oxygen atoms in total. The fourth-order valence-corrected chi connectivity index (χ4v) is 6.26. The number of hydrogen-bond acceptors (Lipinski definition) is 12. The van der Waals surface area contributed by atoms with E-state index in [1.54, 1.807) is 29.5 Å². The molecule has 0 spiro atoms. The summed E-state index contributed by atoms with van der Waals surface area (Å²) in [5.74, 6) is 1.40. The Morgan fingerprint density at radius 3 is 2.57 bits per heavy atom. The van der Waals surface area contributed by atoms with Crippen LogP contribution in [0.5, 0.6) is 11.6 Å². The molecule has 1 aromatic carbocycles. The van der Waals surface area contributed by atoms with Gasteiger partial charge < -0.3 is 24.6 Å². The third-order valence-electron chi connectivity index (χ3n) is 8.93. The van der Waals surface area contributed by atoms with Crippen molar-refractivity contribution in [3.05, 3.63) is 48.1 Å². The molecule has 0 bridgehead atoms. The van der Waals surface area contributed by atoms with Crippen LogP contribution in [0.25, 0.3) is 11.1 Å². The second-order valence-electron chi connectivity index (χ2n) is 12.5. The number of anilines is 2. The molecule has 15 heteroatoms. The quantitative estimate of drug-likeness (QED) is 0.229. The van der Waals surface area contributed by atoms with Gasteiger partial charge in [-0.3, -0.25) is 9.58 Å². The van der Waals surface area contributed by atoms with Crippen LogP contribution in [0.2, 0.25) is 5.02 Å². The Labute approximate surface area is 272 Å². The summed E-state index contributed by atoms with van der Waals surface area (Å²) in [5.41, 5.74) is 1.58. The van der Waals surface area contributed by atoms with Gasteiger partial charge in [-0.25, -0.2) is 14.6 Å².